The van der Waals surface area contributed by atoms with E-state index in [1.807, 2.05) is 26.0 Å². The smallest absolute Gasteiger partial charge is 0.336 e. The van der Waals surface area contributed by atoms with Gasteiger partial charge in [0.2, 0.25) is 0 Å². The number of aromatic hydroxyl groups is 2. The second kappa shape index (κ2) is 9.18. The van der Waals surface area contributed by atoms with Crippen LogP contribution in [0.1, 0.15) is 43.1 Å². The first-order valence-electron chi connectivity index (χ1n) is 10.1. The van der Waals surface area contributed by atoms with Crippen LogP contribution in [0.15, 0.2) is 57.3 Å². The monoisotopic (exact) mass is 422 g/mol. The Hall–Kier alpha value is -3.38. The Balaban J connectivity index is 2.43. The summed E-state index contributed by atoms with van der Waals surface area (Å²) in [5.41, 5.74) is 1.22. The van der Waals surface area contributed by atoms with E-state index in [1.165, 1.54) is 6.07 Å². The number of carbonyl (C=O) groups excluding carboxylic acids is 1. The Kier molecular flexibility index (Phi) is 6.61. The van der Waals surface area contributed by atoms with Crippen LogP contribution < -0.4 is 5.63 Å². The molecule has 3 N–H and O–H groups in total. The molecule has 0 spiro atoms. The molecule has 3 rings (SSSR count). The van der Waals surface area contributed by atoms with Crippen molar-refractivity contribution in [2.24, 2.45) is 5.92 Å². The minimum absolute atomic E-state index is 0.0503. The Morgan fingerprint density at radius 1 is 1.13 bits per heavy atom. The van der Waals surface area contributed by atoms with E-state index in [1.54, 1.807) is 31.2 Å². The second-order valence-electron chi connectivity index (χ2n) is 8.00. The highest BCUT2D eigenvalue weighted by atomic mass is 16.4. The number of aliphatic hydroxyl groups is 1. The lowest BCUT2D eigenvalue weighted by Crippen LogP contribution is -2.12. The fraction of sp³-hybridized carbons (Fsp3) is 0.280. The summed E-state index contributed by atoms with van der Waals surface area (Å²) in [6.45, 7) is 5.27. The van der Waals surface area contributed by atoms with E-state index in [0.29, 0.717) is 11.1 Å². The van der Waals surface area contributed by atoms with Crippen molar-refractivity contribution in [3.8, 4) is 22.6 Å². The number of hydrogen-bond donors (Lipinski definition) is 3. The molecule has 0 unspecified atom stereocenters. The zero-order valence-corrected chi connectivity index (χ0v) is 17.8. The zero-order chi connectivity index (χ0) is 22.7. The van der Waals surface area contributed by atoms with Gasteiger partial charge in [0.1, 0.15) is 17.1 Å². The highest BCUT2D eigenvalue weighted by Crippen LogP contribution is 2.44. The average molecular weight is 422 g/mol. The van der Waals surface area contributed by atoms with Crippen molar-refractivity contribution in [2.75, 3.05) is 6.61 Å². The van der Waals surface area contributed by atoms with Crippen molar-refractivity contribution in [1.82, 2.24) is 0 Å². The van der Waals surface area contributed by atoms with Crippen LogP contribution in [0, 0.1) is 5.92 Å². The Morgan fingerprint density at radius 3 is 2.42 bits per heavy atom. The van der Waals surface area contributed by atoms with E-state index in [4.69, 9.17) is 4.42 Å². The number of allylic oxidation sites excluding steroid dienone is 2. The van der Waals surface area contributed by atoms with Crippen LogP contribution in [0.3, 0.4) is 0 Å². The number of benzene rings is 2. The number of rotatable bonds is 7. The molecule has 0 bridgehead atoms. The van der Waals surface area contributed by atoms with Crippen molar-refractivity contribution < 1.29 is 24.5 Å². The van der Waals surface area contributed by atoms with Crippen LogP contribution in [-0.2, 0) is 6.42 Å². The lowest BCUT2D eigenvalue weighted by molar-refractivity contribution is 0.0941. The fourth-order valence-electron chi connectivity index (χ4n) is 3.51. The van der Waals surface area contributed by atoms with E-state index in [9.17, 15) is 24.9 Å². The molecule has 0 aliphatic rings. The van der Waals surface area contributed by atoms with Gasteiger partial charge < -0.3 is 19.7 Å². The molecule has 2 aromatic carbocycles. The lowest BCUT2D eigenvalue weighted by Gasteiger charge is -2.17. The van der Waals surface area contributed by atoms with Gasteiger partial charge in [0, 0.05) is 30.2 Å². The van der Waals surface area contributed by atoms with Crippen LogP contribution >= 0.6 is 0 Å². The number of Topliss-reactive ketones (excluding diaryl/α,β-unsaturated/α-hetero) is 1. The maximum absolute atomic E-state index is 13.1. The average Bonchev–Trinajstić information content (AvgIpc) is 2.73. The predicted octanol–water partition coefficient (Wildman–Crippen LogP) is 4.58. The summed E-state index contributed by atoms with van der Waals surface area (Å²) < 4.78 is 5.36. The lowest BCUT2D eigenvalue weighted by atomic mass is 9.91. The van der Waals surface area contributed by atoms with Crippen LogP contribution in [0.5, 0.6) is 11.5 Å². The third-order valence-electron chi connectivity index (χ3n) is 5.16. The Labute approximate surface area is 180 Å². The van der Waals surface area contributed by atoms with Crippen LogP contribution in [0.4, 0.5) is 0 Å². The van der Waals surface area contributed by atoms with E-state index < -0.39 is 17.2 Å². The molecule has 0 amide bonds. The number of phenols is 2. The minimum atomic E-state index is -0.702. The van der Waals surface area contributed by atoms with Gasteiger partial charge in [0.15, 0.2) is 11.4 Å². The number of phenolic OH excluding ortho intramolecular Hbond substituents is 2. The van der Waals surface area contributed by atoms with Gasteiger partial charge >= 0.3 is 5.63 Å². The van der Waals surface area contributed by atoms with Crippen molar-refractivity contribution in [3.05, 3.63) is 69.6 Å². The number of aliphatic hydroxyl groups excluding tert-OH is 1. The quantitative estimate of drug-likeness (QED) is 0.292. The fourth-order valence-corrected chi connectivity index (χ4v) is 3.51. The predicted molar refractivity (Wildman–Crippen MR) is 120 cm³/mol. The summed E-state index contributed by atoms with van der Waals surface area (Å²) in [4.78, 5) is 25.4. The molecule has 0 aliphatic heterocycles. The standard InChI is InChI=1S/C25H26O6/c1-14(2)9-10-17-23(29)21-18(16-7-5-4-6-8-16)12-20(28)31-25(21)22(24(17)30)19(27)11-15(3)13-26/h4-9,12,15,26,29-30H,10-11,13H2,1-3H3/t15-/m0/s1. The first-order chi connectivity index (χ1) is 14.7. The van der Waals surface area contributed by atoms with Gasteiger partial charge in [0.25, 0.3) is 0 Å². The molecule has 0 saturated heterocycles. The van der Waals surface area contributed by atoms with E-state index in [0.717, 1.165) is 5.57 Å². The molecule has 0 saturated carbocycles. The molecule has 6 nitrogen and oxygen atoms in total. The molecule has 162 valence electrons. The van der Waals surface area contributed by atoms with Gasteiger partial charge in [-0.25, -0.2) is 4.79 Å². The Bertz CT molecular complexity index is 1200. The number of carbonyl (C=O) groups is 1. The number of ketones is 1. The molecule has 6 heteroatoms. The molecule has 1 atom stereocenters. The summed E-state index contributed by atoms with van der Waals surface area (Å²) in [5, 5.41) is 31.6. The number of hydrogen-bond acceptors (Lipinski definition) is 6. The summed E-state index contributed by atoms with van der Waals surface area (Å²) in [7, 11) is 0. The first-order valence-corrected chi connectivity index (χ1v) is 10.1. The van der Waals surface area contributed by atoms with Crippen molar-refractivity contribution in [2.45, 2.75) is 33.6 Å². The summed E-state index contributed by atoms with van der Waals surface area (Å²) in [6, 6.07) is 10.3. The largest absolute Gasteiger partial charge is 0.507 e. The third kappa shape index (κ3) is 4.54. The molecule has 3 aromatic rings. The topological polar surface area (TPSA) is 108 Å². The van der Waals surface area contributed by atoms with Gasteiger partial charge in [0.05, 0.1) is 5.39 Å². The highest BCUT2D eigenvalue weighted by Gasteiger charge is 2.28. The Morgan fingerprint density at radius 2 is 1.81 bits per heavy atom. The zero-order valence-electron chi connectivity index (χ0n) is 17.8. The molecule has 0 radical (unpaired) electrons. The number of fused-ring (bicyclic) bond motifs is 1. The van der Waals surface area contributed by atoms with Crippen LogP contribution in [-0.4, -0.2) is 27.7 Å². The van der Waals surface area contributed by atoms with Crippen molar-refractivity contribution in [1.29, 1.82) is 0 Å². The van der Waals surface area contributed by atoms with Crippen molar-refractivity contribution >= 4 is 16.8 Å². The van der Waals surface area contributed by atoms with Crippen LogP contribution in [0.2, 0.25) is 0 Å². The second-order valence-corrected chi connectivity index (χ2v) is 8.00. The summed E-state index contributed by atoms with van der Waals surface area (Å²) >= 11 is 0. The minimum Gasteiger partial charge on any atom is -0.507 e. The normalized spacial score (nSPS) is 12.0. The molecule has 1 heterocycles. The van der Waals surface area contributed by atoms with Gasteiger partial charge in [-0.1, -0.05) is 48.9 Å². The SMILES string of the molecule is CC(C)=CCc1c(O)c(C(=O)C[C@H](C)CO)c2oc(=O)cc(-c3ccccc3)c2c1O. The van der Waals surface area contributed by atoms with Gasteiger partial charge in [-0.05, 0) is 31.7 Å². The van der Waals surface area contributed by atoms with E-state index in [-0.39, 0.29) is 53.2 Å². The first kappa shape index (κ1) is 22.3. The molecule has 31 heavy (non-hydrogen) atoms. The van der Waals surface area contributed by atoms with Gasteiger partial charge in [-0.3, -0.25) is 4.79 Å². The maximum Gasteiger partial charge on any atom is 0.336 e. The van der Waals surface area contributed by atoms with Crippen molar-refractivity contribution in [3.63, 3.8) is 0 Å². The van der Waals surface area contributed by atoms with Crippen LogP contribution in [0.25, 0.3) is 22.1 Å². The van der Waals surface area contributed by atoms with E-state index >= 15 is 0 Å². The molecular weight excluding hydrogens is 396 g/mol. The molecular formula is C25H26O6. The van der Waals surface area contributed by atoms with E-state index in [2.05, 4.69) is 0 Å². The molecule has 0 fully saturated rings. The summed E-state index contributed by atoms with van der Waals surface area (Å²) in [5.74, 6) is -1.47. The summed E-state index contributed by atoms with van der Waals surface area (Å²) in [6.07, 6.45) is 1.97. The van der Waals surface area contributed by atoms with Gasteiger partial charge in [-0.2, -0.15) is 0 Å². The molecule has 1 aromatic heterocycles. The third-order valence-corrected chi connectivity index (χ3v) is 5.16. The molecule has 0 aliphatic carbocycles. The maximum atomic E-state index is 13.1. The highest BCUT2D eigenvalue weighted by molar-refractivity contribution is 6.13. The van der Waals surface area contributed by atoms with Gasteiger partial charge in [-0.15, -0.1) is 0 Å².